The molecule has 0 amide bonds. The number of rotatable bonds is 10. The van der Waals surface area contributed by atoms with Crippen LogP contribution in [-0.4, -0.2) is 11.7 Å². The maximum absolute atomic E-state index is 8.65. The molecule has 0 radical (unpaired) electrons. The van der Waals surface area contributed by atoms with E-state index in [-0.39, 0.29) is 0 Å². The second-order valence-electron chi connectivity index (χ2n) is 4.51. The van der Waals surface area contributed by atoms with E-state index in [0.717, 1.165) is 6.42 Å². The molecule has 0 aliphatic carbocycles. The van der Waals surface area contributed by atoms with Crippen molar-refractivity contribution in [3.8, 4) is 0 Å². The van der Waals surface area contributed by atoms with Gasteiger partial charge >= 0.3 is 0 Å². The highest BCUT2D eigenvalue weighted by Gasteiger charge is 1.97. The molecule has 0 spiro atoms. The molecule has 0 bridgehead atoms. The van der Waals surface area contributed by atoms with E-state index in [1.54, 1.807) is 0 Å². The number of aliphatic hydroxyl groups excluding tert-OH is 1. The van der Waals surface area contributed by atoms with Crippen LogP contribution in [0.2, 0.25) is 0 Å². The Labute approximate surface area is 117 Å². The lowest BCUT2D eigenvalue weighted by atomic mass is 10.1. The summed E-state index contributed by atoms with van der Waals surface area (Å²) in [7, 11) is 0. The molecule has 1 nitrogen and oxygen atoms in total. The Morgan fingerprint density at radius 1 is 0.882 bits per heavy atom. The van der Waals surface area contributed by atoms with Gasteiger partial charge < -0.3 is 5.11 Å². The monoisotopic (exact) mass is 318 g/mol. The number of thiophene rings is 1. The van der Waals surface area contributed by atoms with Gasteiger partial charge in [0.1, 0.15) is 0 Å². The molecule has 1 aromatic rings. The maximum Gasteiger partial charge on any atom is 0.0701 e. The number of hydrogen-bond donors (Lipinski definition) is 1. The lowest BCUT2D eigenvalue weighted by Crippen LogP contribution is -1.85. The Kier molecular flexibility index (Phi) is 9.03. The maximum atomic E-state index is 8.65. The number of unbranched alkanes of at least 4 members (excludes halogenated alkanes) is 7. The predicted octanol–water partition coefficient (Wildman–Crippen LogP) is 5.17. The molecule has 1 heterocycles. The molecule has 1 rings (SSSR count). The first kappa shape index (κ1) is 15.2. The standard InChI is InChI=1S/C14H23BrOS/c15-14-11-10-13(17-14)9-7-5-3-1-2-4-6-8-12-16/h10-11,16H,1-9,12H2. The van der Waals surface area contributed by atoms with E-state index in [2.05, 4.69) is 28.1 Å². The molecule has 0 fully saturated rings. The Bertz CT molecular complexity index is 286. The minimum atomic E-state index is 0.358. The van der Waals surface area contributed by atoms with E-state index in [1.807, 2.05) is 11.3 Å². The lowest BCUT2D eigenvalue weighted by Gasteiger charge is -2.01. The molecular formula is C14H23BrOS. The van der Waals surface area contributed by atoms with E-state index in [4.69, 9.17) is 5.11 Å². The van der Waals surface area contributed by atoms with Crippen LogP contribution in [0, 0.1) is 0 Å². The van der Waals surface area contributed by atoms with Crippen molar-refractivity contribution in [1.29, 1.82) is 0 Å². The van der Waals surface area contributed by atoms with Crippen molar-refractivity contribution in [1.82, 2.24) is 0 Å². The SMILES string of the molecule is OCCCCCCCCCCc1ccc(Br)s1. The molecule has 0 unspecified atom stereocenters. The fourth-order valence-corrected chi connectivity index (χ4v) is 3.48. The molecule has 0 saturated heterocycles. The van der Waals surface area contributed by atoms with Crippen LogP contribution in [0.3, 0.4) is 0 Å². The third-order valence-electron chi connectivity index (χ3n) is 2.96. The van der Waals surface area contributed by atoms with Crippen molar-refractivity contribution >= 4 is 27.3 Å². The van der Waals surface area contributed by atoms with Gasteiger partial charge in [-0.05, 0) is 47.3 Å². The molecule has 1 N–H and O–H groups in total. The molecule has 0 aromatic carbocycles. The van der Waals surface area contributed by atoms with Crippen molar-refractivity contribution in [2.24, 2.45) is 0 Å². The van der Waals surface area contributed by atoms with E-state index in [1.165, 1.54) is 60.0 Å². The summed E-state index contributed by atoms with van der Waals surface area (Å²) in [6, 6.07) is 4.37. The van der Waals surface area contributed by atoms with E-state index >= 15 is 0 Å². The van der Waals surface area contributed by atoms with Crippen molar-refractivity contribution in [3.63, 3.8) is 0 Å². The molecule has 98 valence electrons. The van der Waals surface area contributed by atoms with Gasteiger partial charge in [-0.15, -0.1) is 11.3 Å². The minimum Gasteiger partial charge on any atom is -0.396 e. The van der Waals surface area contributed by atoms with Crippen LogP contribution in [0.4, 0.5) is 0 Å². The zero-order valence-electron chi connectivity index (χ0n) is 10.5. The van der Waals surface area contributed by atoms with E-state index < -0.39 is 0 Å². The van der Waals surface area contributed by atoms with Crippen molar-refractivity contribution in [3.05, 3.63) is 20.8 Å². The van der Waals surface area contributed by atoms with Gasteiger partial charge in [-0.1, -0.05) is 38.5 Å². The summed E-state index contributed by atoms with van der Waals surface area (Å²) in [6.45, 7) is 0.358. The normalized spacial score (nSPS) is 10.9. The van der Waals surface area contributed by atoms with Gasteiger partial charge in [-0.2, -0.15) is 0 Å². The van der Waals surface area contributed by atoms with Crippen LogP contribution >= 0.6 is 27.3 Å². The van der Waals surface area contributed by atoms with Gasteiger partial charge in [0.25, 0.3) is 0 Å². The highest BCUT2D eigenvalue weighted by Crippen LogP contribution is 2.23. The Morgan fingerprint density at radius 2 is 1.47 bits per heavy atom. The fraction of sp³-hybridized carbons (Fsp3) is 0.714. The zero-order chi connectivity index (χ0) is 12.3. The molecule has 3 heteroatoms. The average molecular weight is 319 g/mol. The van der Waals surface area contributed by atoms with Crippen LogP contribution in [0.5, 0.6) is 0 Å². The first-order valence-corrected chi connectivity index (χ1v) is 8.29. The highest BCUT2D eigenvalue weighted by atomic mass is 79.9. The summed E-state index contributed by atoms with van der Waals surface area (Å²) >= 11 is 5.35. The van der Waals surface area contributed by atoms with Crippen molar-refractivity contribution in [2.45, 2.75) is 57.8 Å². The predicted molar refractivity (Wildman–Crippen MR) is 79.7 cm³/mol. The molecule has 1 aromatic heterocycles. The summed E-state index contributed by atoms with van der Waals surface area (Å²) in [5, 5.41) is 8.65. The minimum absolute atomic E-state index is 0.358. The zero-order valence-corrected chi connectivity index (χ0v) is 12.9. The second kappa shape index (κ2) is 10.1. The summed E-state index contributed by atoms with van der Waals surface area (Å²) < 4.78 is 1.25. The third kappa shape index (κ3) is 7.96. The van der Waals surface area contributed by atoms with Gasteiger partial charge in [-0.3, -0.25) is 0 Å². The quantitative estimate of drug-likeness (QED) is 0.590. The first-order valence-electron chi connectivity index (χ1n) is 6.68. The van der Waals surface area contributed by atoms with Crippen molar-refractivity contribution < 1.29 is 5.11 Å². The molecule has 17 heavy (non-hydrogen) atoms. The van der Waals surface area contributed by atoms with Crippen LogP contribution < -0.4 is 0 Å². The Morgan fingerprint density at radius 3 is 2.00 bits per heavy atom. The average Bonchev–Trinajstić information content (AvgIpc) is 2.73. The largest absolute Gasteiger partial charge is 0.396 e. The third-order valence-corrected chi connectivity index (χ3v) is 4.64. The Balaban J connectivity index is 1.84. The van der Waals surface area contributed by atoms with E-state index in [0.29, 0.717) is 6.61 Å². The lowest BCUT2D eigenvalue weighted by molar-refractivity contribution is 0.282. The van der Waals surface area contributed by atoms with Crippen molar-refractivity contribution in [2.75, 3.05) is 6.61 Å². The van der Waals surface area contributed by atoms with Crippen LogP contribution in [0.15, 0.2) is 15.9 Å². The molecular weight excluding hydrogens is 296 g/mol. The molecule has 0 aliphatic rings. The summed E-state index contributed by atoms with van der Waals surface area (Å²) in [5.41, 5.74) is 0. The molecule has 0 aliphatic heterocycles. The van der Waals surface area contributed by atoms with Crippen LogP contribution in [0.25, 0.3) is 0 Å². The summed E-state index contributed by atoms with van der Waals surface area (Å²) in [5.74, 6) is 0. The van der Waals surface area contributed by atoms with Gasteiger partial charge in [0.15, 0.2) is 0 Å². The summed E-state index contributed by atoms with van der Waals surface area (Å²) in [6.07, 6.45) is 11.4. The van der Waals surface area contributed by atoms with Gasteiger partial charge in [0.2, 0.25) is 0 Å². The number of aliphatic hydroxyl groups is 1. The second-order valence-corrected chi connectivity index (χ2v) is 7.06. The van der Waals surface area contributed by atoms with E-state index in [9.17, 15) is 0 Å². The van der Waals surface area contributed by atoms with Gasteiger partial charge in [-0.25, -0.2) is 0 Å². The van der Waals surface area contributed by atoms with Gasteiger partial charge in [0, 0.05) is 11.5 Å². The topological polar surface area (TPSA) is 20.2 Å². The fourth-order valence-electron chi connectivity index (χ4n) is 1.96. The van der Waals surface area contributed by atoms with Crippen LogP contribution in [0.1, 0.15) is 56.2 Å². The molecule has 0 atom stereocenters. The smallest absolute Gasteiger partial charge is 0.0701 e. The van der Waals surface area contributed by atoms with Crippen LogP contribution in [-0.2, 0) is 6.42 Å². The number of hydrogen-bond acceptors (Lipinski definition) is 2. The number of halogens is 1. The first-order chi connectivity index (χ1) is 8.33. The Hall–Kier alpha value is 0.140. The molecule has 0 saturated carbocycles. The summed E-state index contributed by atoms with van der Waals surface area (Å²) in [4.78, 5) is 1.50. The number of aryl methyl sites for hydroxylation is 1. The van der Waals surface area contributed by atoms with Gasteiger partial charge in [0.05, 0.1) is 3.79 Å². The highest BCUT2D eigenvalue weighted by molar-refractivity contribution is 9.11.